The van der Waals surface area contributed by atoms with Crippen molar-refractivity contribution < 1.29 is 4.42 Å². The molecule has 0 aromatic carbocycles. The van der Waals surface area contributed by atoms with E-state index in [-0.39, 0.29) is 6.04 Å². The molecular weight excluding hydrogens is 282 g/mol. The average Bonchev–Trinajstić information content (AvgIpc) is 2.87. The van der Waals surface area contributed by atoms with E-state index in [9.17, 15) is 0 Å². The molecule has 1 atom stereocenters. The normalized spacial score (nSPS) is 12.1. The molecule has 0 saturated carbocycles. The van der Waals surface area contributed by atoms with E-state index in [0.29, 0.717) is 4.99 Å². The molecule has 0 radical (unpaired) electrons. The minimum atomic E-state index is 0.247. The van der Waals surface area contributed by atoms with Crippen molar-refractivity contribution in [2.24, 2.45) is 5.73 Å². The van der Waals surface area contributed by atoms with Crippen molar-refractivity contribution in [2.45, 2.75) is 39.7 Å². The number of hydrogen-bond acceptors (Lipinski definition) is 4. The highest BCUT2D eigenvalue weighted by molar-refractivity contribution is 7.80. The molecule has 5 heteroatoms. The van der Waals surface area contributed by atoms with E-state index in [1.807, 2.05) is 32.0 Å². The number of hydrogen-bond donors (Lipinski definition) is 2. The Morgan fingerprint density at radius 3 is 2.86 bits per heavy atom. The Labute approximate surface area is 130 Å². The van der Waals surface area contributed by atoms with Crippen LogP contribution in [0, 0.1) is 13.8 Å². The van der Waals surface area contributed by atoms with Gasteiger partial charge in [0.1, 0.15) is 16.6 Å². The zero-order chi connectivity index (χ0) is 15.4. The Bertz CT molecular complexity index is 623. The predicted octanol–water partition coefficient (Wildman–Crippen LogP) is 3.36. The zero-order valence-electron chi connectivity index (χ0n) is 12.6. The third-order valence-electron chi connectivity index (χ3n) is 3.38. The third-order valence-corrected chi connectivity index (χ3v) is 3.58. The Kier molecular flexibility index (Phi) is 4.96. The van der Waals surface area contributed by atoms with E-state index >= 15 is 0 Å². The summed E-state index contributed by atoms with van der Waals surface area (Å²) in [5.41, 5.74) is 8.67. The maximum atomic E-state index is 5.83. The van der Waals surface area contributed by atoms with Gasteiger partial charge in [0.05, 0.1) is 11.8 Å². The summed E-state index contributed by atoms with van der Waals surface area (Å²) in [5, 5.41) is 3.42. The molecule has 0 bridgehead atoms. The second kappa shape index (κ2) is 6.72. The fraction of sp³-hybridized carbons (Fsp3) is 0.375. The van der Waals surface area contributed by atoms with Crippen LogP contribution in [0.15, 0.2) is 28.9 Å². The van der Waals surface area contributed by atoms with Crippen LogP contribution in [0.2, 0.25) is 0 Å². The number of furan rings is 1. The molecular formula is C16H21N3OS. The summed E-state index contributed by atoms with van der Waals surface area (Å²) in [5.74, 6) is 1.76. The molecule has 112 valence electrons. The van der Waals surface area contributed by atoms with E-state index in [2.05, 4.69) is 17.2 Å². The second-order valence-corrected chi connectivity index (χ2v) is 5.77. The van der Waals surface area contributed by atoms with E-state index in [1.54, 1.807) is 6.26 Å². The average molecular weight is 303 g/mol. The Morgan fingerprint density at radius 2 is 2.24 bits per heavy atom. The molecule has 2 aromatic rings. The van der Waals surface area contributed by atoms with Crippen LogP contribution in [-0.4, -0.2) is 16.0 Å². The lowest BCUT2D eigenvalue weighted by molar-refractivity contribution is 0.495. The van der Waals surface area contributed by atoms with Crippen molar-refractivity contribution in [3.8, 4) is 0 Å². The summed E-state index contributed by atoms with van der Waals surface area (Å²) in [6.45, 7) is 6.09. The largest absolute Gasteiger partial charge is 0.469 e. The van der Waals surface area contributed by atoms with Gasteiger partial charge in [-0.1, -0.05) is 12.2 Å². The van der Waals surface area contributed by atoms with Crippen LogP contribution >= 0.6 is 12.2 Å². The Hall–Kier alpha value is -1.88. The predicted molar refractivity (Wildman–Crippen MR) is 89.7 cm³/mol. The molecule has 2 rings (SSSR count). The van der Waals surface area contributed by atoms with Crippen LogP contribution < -0.4 is 11.1 Å². The molecule has 0 fully saturated rings. The number of aromatic nitrogens is 1. The van der Waals surface area contributed by atoms with E-state index in [1.165, 1.54) is 0 Å². The maximum Gasteiger partial charge on any atom is 0.136 e. The highest BCUT2D eigenvalue weighted by atomic mass is 32.1. The van der Waals surface area contributed by atoms with Crippen LogP contribution in [0.1, 0.15) is 35.9 Å². The standard InChI is InChI=1S/C16H21N3OS/c1-10-9-12(3)19-16(14(10)15(17)21)18-11(2)6-7-13-5-4-8-20-13/h4-5,8-9,11H,6-7H2,1-3H3,(H2,17,21)(H,18,19). The van der Waals surface area contributed by atoms with Crippen LogP contribution in [0.3, 0.4) is 0 Å². The molecule has 2 aromatic heterocycles. The highest BCUT2D eigenvalue weighted by Gasteiger charge is 2.14. The molecule has 0 amide bonds. The van der Waals surface area contributed by atoms with E-state index < -0.39 is 0 Å². The summed E-state index contributed by atoms with van der Waals surface area (Å²) in [7, 11) is 0. The fourth-order valence-electron chi connectivity index (χ4n) is 2.37. The number of anilines is 1. The topological polar surface area (TPSA) is 64.1 Å². The number of nitrogens with two attached hydrogens (primary N) is 1. The monoisotopic (exact) mass is 303 g/mol. The van der Waals surface area contributed by atoms with Crippen LogP contribution in [0.25, 0.3) is 0 Å². The van der Waals surface area contributed by atoms with Crippen molar-refractivity contribution in [1.82, 2.24) is 4.98 Å². The molecule has 2 heterocycles. The molecule has 0 saturated heterocycles. The quantitative estimate of drug-likeness (QED) is 0.801. The van der Waals surface area contributed by atoms with Gasteiger partial charge >= 0.3 is 0 Å². The van der Waals surface area contributed by atoms with Gasteiger partial charge in [0.15, 0.2) is 0 Å². The Morgan fingerprint density at radius 1 is 1.48 bits per heavy atom. The summed E-state index contributed by atoms with van der Waals surface area (Å²) in [6.07, 6.45) is 3.52. The van der Waals surface area contributed by atoms with Gasteiger partial charge < -0.3 is 15.5 Å². The lowest BCUT2D eigenvalue weighted by Crippen LogP contribution is -2.22. The Balaban J connectivity index is 2.09. The van der Waals surface area contributed by atoms with Gasteiger partial charge in [0.2, 0.25) is 0 Å². The molecule has 1 unspecified atom stereocenters. The summed E-state index contributed by atoms with van der Waals surface area (Å²) in [6, 6.07) is 6.14. The van der Waals surface area contributed by atoms with Crippen LogP contribution in [-0.2, 0) is 6.42 Å². The number of nitrogens with zero attached hydrogens (tertiary/aromatic N) is 1. The van der Waals surface area contributed by atoms with Crippen LogP contribution in [0.4, 0.5) is 5.82 Å². The van der Waals surface area contributed by atoms with Crippen molar-refractivity contribution >= 4 is 23.0 Å². The number of nitrogens with one attached hydrogen (secondary N) is 1. The van der Waals surface area contributed by atoms with Gasteiger partial charge in [0.25, 0.3) is 0 Å². The molecule has 4 nitrogen and oxygen atoms in total. The lowest BCUT2D eigenvalue weighted by Gasteiger charge is -2.18. The minimum Gasteiger partial charge on any atom is -0.469 e. The smallest absolute Gasteiger partial charge is 0.136 e. The van der Waals surface area contributed by atoms with Gasteiger partial charge in [-0.25, -0.2) is 4.98 Å². The zero-order valence-corrected chi connectivity index (χ0v) is 13.5. The highest BCUT2D eigenvalue weighted by Crippen LogP contribution is 2.20. The first-order valence-electron chi connectivity index (χ1n) is 7.04. The number of thiocarbonyl (C=S) groups is 1. The fourth-order valence-corrected chi connectivity index (χ4v) is 2.63. The maximum absolute atomic E-state index is 5.83. The van der Waals surface area contributed by atoms with Crippen molar-refractivity contribution in [2.75, 3.05) is 5.32 Å². The molecule has 0 spiro atoms. The first kappa shape index (κ1) is 15.5. The van der Waals surface area contributed by atoms with Crippen LogP contribution in [0.5, 0.6) is 0 Å². The van der Waals surface area contributed by atoms with Crippen molar-refractivity contribution in [1.29, 1.82) is 0 Å². The SMILES string of the molecule is Cc1cc(C)c(C(N)=S)c(NC(C)CCc2ccco2)n1. The van der Waals surface area contributed by atoms with Crippen molar-refractivity contribution in [3.05, 3.63) is 47.0 Å². The van der Waals surface area contributed by atoms with Gasteiger partial charge in [-0.15, -0.1) is 0 Å². The molecule has 21 heavy (non-hydrogen) atoms. The van der Waals surface area contributed by atoms with Crippen molar-refractivity contribution in [3.63, 3.8) is 0 Å². The van der Waals surface area contributed by atoms with E-state index in [4.69, 9.17) is 22.4 Å². The van der Waals surface area contributed by atoms with Gasteiger partial charge in [-0.2, -0.15) is 0 Å². The summed E-state index contributed by atoms with van der Waals surface area (Å²) >= 11 is 5.15. The van der Waals surface area contributed by atoms with Gasteiger partial charge in [-0.05, 0) is 51.0 Å². The van der Waals surface area contributed by atoms with Gasteiger partial charge in [0, 0.05) is 18.2 Å². The first-order chi connectivity index (χ1) is 9.97. The number of rotatable bonds is 6. The first-order valence-corrected chi connectivity index (χ1v) is 7.45. The summed E-state index contributed by atoms with van der Waals surface area (Å²) in [4.78, 5) is 4.91. The lowest BCUT2D eigenvalue weighted by atomic mass is 10.1. The van der Waals surface area contributed by atoms with E-state index in [0.717, 1.165) is 41.2 Å². The molecule has 0 aliphatic carbocycles. The summed E-state index contributed by atoms with van der Waals surface area (Å²) < 4.78 is 5.35. The molecule has 0 aliphatic rings. The molecule has 3 N–H and O–H groups in total. The number of pyridine rings is 1. The van der Waals surface area contributed by atoms with Gasteiger partial charge in [-0.3, -0.25) is 0 Å². The minimum absolute atomic E-state index is 0.247. The number of aryl methyl sites for hydroxylation is 3. The second-order valence-electron chi connectivity index (χ2n) is 5.33. The molecule has 0 aliphatic heterocycles. The third kappa shape index (κ3) is 4.04.